The van der Waals surface area contributed by atoms with E-state index in [1.807, 2.05) is 5.09 Å². The fourth-order valence-corrected chi connectivity index (χ4v) is 1.62. The molecule has 82 valence electrons. The molecule has 14 heavy (non-hydrogen) atoms. The molecule has 0 radical (unpaired) electrons. The molecule has 0 bridgehead atoms. The molecule has 0 heterocycles. The van der Waals surface area contributed by atoms with Gasteiger partial charge in [0.05, 0.1) is 0 Å². The van der Waals surface area contributed by atoms with Gasteiger partial charge in [-0.15, -0.1) is 0 Å². The van der Waals surface area contributed by atoms with Crippen LogP contribution in [0.1, 0.15) is 12.8 Å². The second kappa shape index (κ2) is 5.09. The van der Waals surface area contributed by atoms with Crippen LogP contribution < -0.4 is 5.09 Å². The molecule has 0 aliphatic carbocycles. The quantitative estimate of drug-likeness (QED) is 0.458. The molecule has 1 unspecified atom stereocenters. The molecule has 0 aromatic heterocycles. The maximum Gasteiger partial charge on any atom is 0.321 e. The van der Waals surface area contributed by atoms with Crippen LogP contribution >= 0.6 is 7.52 Å². The SMILES string of the molecule is CP(=O)(O)N[C@H](CCC(=O)O)C(=O)O. The van der Waals surface area contributed by atoms with Crippen molar-refractivity contribution in [2.75, 3.05) is 6.66 Å². The first-order valence-corrected chi connectivity index (χ1v) is 5.85. The van der Waals surface area contributed by atoms with Crippen LogP contribution in [0.15, 0.2) is 0 Å². The van der Waals surface area contributed by atoms with Gasteiger partial charge in [-0.25, -0.2) is 5.09 Å². The Morgan fingerprint density at radius 1 is 1.43 bits per heavy atom. The van der Waals surface area contributed by atoms with Gasteiger partial charge >= 0.3 is 11.9 Å². The van der Waals surface area contributed by atoms with Gasteiger partial charge in [0.1, 0.15) is 6.04 Å². The highest BCUT2D eigenvalue weighted by Gasteiger charge is 2.24. The third kappa shape index (κ3) is 6.59. The number of carboxylic acids is 2. The van der Waals surface area contributed by atoms with E-state index in [4.69, 9.17) is 15.1 Å². The van der Waals surface area contributed by atoms with Gasteiger partial charge in [-0.05, 0) is 6.42 Å². The number of nitrogens with one attached hydrogen (secondary N) is 1. The Hall–Kier alpha value is -0.910. The van der Waals surface area contributed by atoms with Gasteiger partial charge in [0, 0.05) is 13.1 Å². The number of hydrogen-bond acceptors (Lipinski definition) is 3. The molecule has 0 rings (SSSR count). The fraction of sp³-hybridized carbons (Fsp3) is 0.667. The highest BCUT2D eigenvalue weighted by Crippen LogP contribution is 2.30. The first kappa shape index (κ1) is 13.1. The number of carbonyl (C=O) groups is 2. The van der Waals surface area contributed by atoms with Crippen molar-refractivity contribution in [3.05, 3.63) is 0 Å². The summed E-state index contributed by atoms with van der Waals surface area (Å²) in [7, 11) is -3.66. The lowest BCUT2D eigenvalue weighted by Crippen LogP contribution is -2.34. The Kier molecular flexibility index (Phi) is 4.76. The minimum absolute atomic E-state index is 0.233. The summed E-state index contributed by atoms with van der Waals surface area (Å²) in [6, 6.07) is -1.31. The van der Waals surface area contributed by atoms with Gasteiger partial charge < -0.3 is 15.1 Å². The Morgan fingerprint density at radius 3 is 2.21 bits per heavy atom. The van der Waals surface area contributed by atoms with Crippen molar-refractivity contribution in [3.63, 3.8) is 0 Å². The van der Waals surface area contributed by atoms with Crippen molar-refractivity contribution in [1.29, 1.82) is 0 Å². The monoisotopic (exact) mass is 225 g/mol. The van der Waals surface area contributed by atoms with E-state index < -0.39 is 25.5 Å². The molecule has 0 aliphatic rings. The standard InChI is InChI=1S/C6H12NO6P/c1-14(12,13)7-4(6(10)11)2-3-5(8)9/h4H,2-3H2,1H3,(H,8,9)(H,10,11)(H2,7,12,13)/t4-/m1/s1. The highest BCUT2D eigenvalue weighted by atomic mass is 31.2. The summed E-state index contributed by atoms with van der Waals surface area (Å²) in [4.78, 5) is 29.5. The summed E-state index contributed by atoms with van der Waals surface area (Å²) in [5.41, 5.74) is 0. The first-order chi connectivity index (χ1) is 6.22. The van der Waals surface area contributed by atoms with Crippen LogP contribution in [-0.2, 0) is 14.2 Å². The maximum atomic E-state index is 10.8. The third-order valence-electron chi connectivity index (χ3n) is 1.34. The zero-order valence-corrected chi connectivity index (χ0v) is 8.40. The molecule has 0 aliphatic heterocycles. The Labute approximate surface area is 80.3 Å². The Balaban J connectivity index is 4.24. The van der Waals surface area contributed by atoms with E-state index >= 15 is 0 Å². The topological polar surface area (TPSA) is 124 Å². The van der Waals surface area contributed by atoms with E-state index in [0.717, 1.165) is 6.66 Å². The van der Waals surface area contributed by atoms with Crippen molar-refractivity contribution >= 4 is 19.5 Å². The number of carboxylic acid groups (broad SMARTS) is 2. The average molecular weight is 225 g/mol. The molecule has 7 nitrogen and oxygen atoms in total. The third-order valence-corrected chi connectivity index (χ3v) is 2.13. The second-order valence-corrected chi connectivity index (χ2v) is 4.85. The van der Waals surface area contributed by atoms with Crippen molar-refractivity contribution in [3.8, 4) is 0 Å². The molecule has 4 N–H and O–H groups in total. The smallest absolute Gasteiger partial charge is 0.321 e. The summed E-state index contributed by atoms with van der Waals surface area (Å²) in [6.07, 6.45) is -0.604. The minimum Gasteiger partial charge on any atom is -0.481 e. The summed E-state index contributed by atoms with van der Waals surface area (Å²) >= 11 is 0. The summed E-state index contributed by atoms with van der Waals surface area (Å²) < 4.78 is 10.8. The maximum absolute atomic E-state index is 10.8. The molecule has 0 aromatic rings. The summed E-state index contributed by atoms with van der Waals surface area (Å²) in [6.45, 7) is 0.948. The van der Waals surface area contributed by atoms with E-state index in [1.165, 1.54) is 0 Å². The highest BCUT2D eigenvalue weighted by molar-refractivity contribution is 7.55. The molecule has 0 aromatic carbocycles. The van der Waals surface area contributed by atoms with Crippen LogP contribution in [0.3, 0.4) is 0 Å². The van der Waals surface area contributed by atoms with E-state index in [-0.39, 0.29) is 12.8 Å². The minimum atomic E-state index is -3.66. The van der Waals surface area contributed by atoms with E-state index in [1.54, 1.807) is 0 Å². The predicted molar refractivity (Wildman–Crippen MR) is 47.2 cm³/mol. The molecule has 0 fully saturated rings. The van der Waals surface area contributed by atoms with E-state index in [0.29, 0.717) is 0 Å². The van der Waals surface area contributed by atoms with Gasteiger partial charge in [-0.1, -0.05) is 0 Å². The molecule has 0 saturated carbocycles. The summed E-state index contributed by atoms with van der Waals surface area (Å²) in [5.74, 6) is -2.50. The molecule has 0 amide bonds. The van der Waals surface area contributed by atoms with Gasteiger partial charge in [0.25, 0.3) is 7.52 Å². The van der Waals surface area contributed by atoms with Crippen LogP contribution in [-0.4, -0.2) is 39.8 Å². The van der Waals surface area contributed by atoms with Crippen molar-refractivity contribution in [1.82, 2.24) is 5.09 Å². The number of rotatable bonds is 6. The van der Waals surface area contributed by atoms with Gasteiger partial charge in [0.15, 0.2) is 0 Å². The Bertz CT molecular complexity index is 271. The second-order valence-electron chi connectivity index (χ2n) is 2.83. The van der Waals surface area contributed by atoms with Gasteiger partial charge in [-0.2, -0.15) is 0 Å². The van der Waals surface area contributed by atoms with Crippen LogP contribution in [0.5, 0.6) is 0 Å². The Morgan fingerprint density at radius 2 is 1.93 bits per heavy atom. The molecule has 0 saturated heterocycles. The van der Waals surface area contributed by atoms with Crippen LogP contribution in [0.4, 0.5) is 0 Å². The summed E-state index contributed by atoms with van der Waals surface area (Å²) in [5, 5.41) is 18.8. The van der Waals surface area contributed by atoms with Crippen LogP contribution in [0.25, 0.3) is 0 Å². The lowest BCUT2D eigenvalue weighted by molar-refractivity contribution is -0.140. The first-order valence-electron chi connectivity index (χ1n) is 3.75. The predicted octanol–water partition coefficient (Wildman–Crippen LogP) is -0.291. The van der Waals surface area contributed by atoms with Crippen molar-refractivity contribution < 1.29 is 29.3 Å². The van der Waals surface area contributed by atoms with Crippen molar-refractivity contribution in [2.45, 2.75) is 18.9 Å². The lowest BCUT2D eigenvalue weighted by atomic mass is 10.2. The van der Waals surface area contributed by atoms with Crippen molar-refractivity contribution in [2.24, 2.45) is 0 Å². The van der Waals surface area contributed by atoms with Gasteiger partial charge in [-0.3, -0.25) is 14.2 Å². The van der Waals surface area contributed by atoms with E-state index in [9.17, 15) is 14.2 Å². The van der Waals surface area contributed by atoms with Crippen LogP contribution in [0, 0.1) is 0 Å². The molecule has 8 heteroatoms. The lowest BCUT2D eigenvalue weighted by Gasteiger charge is -2.15. The number of aliphatic carboxylic acids is 2. The number of hydrogen-bond donors (Lipinski definition) is 4. The normalized spacial score (nSPS) is 17.0. The zero-order valence-electron chi connectivity index (χ0n) is 7.51. The largest absolute Gasteiger partial charge is 0.481 e. The molecular weight excluding hydrogens is 213 g/mol. The average Bonchev–Trinajstić information content (AvgIpc) is 1.94. The fourth-order valence-electron chi connectivity index (χ4n) is 0.800. The zero-order chi connectivity index (χ0) is 11.4. The van der Waals surface area contributed by atoms with E-state index in [2.05, 4.69) is 0 Å². The van der Waals surface area contributed by atoms with Crippen LogP contribution in [0.2, 0.25) is 0 Å². The molecule has 2 atom stereocenters. The van der Waals surface area contributed by atoms with Gasteiger partial charge in [0.2, 0.25) is 0 Å². The molecule has 0 spiro atoms. The molecular formula is C6H12NO6P.